The molecule has 0 aromatic carbocycles. The predicted molar refractivity (Wildman–Crippen MR) is 74.6 cm³/mol. The highest BCUT2D eigenvalue weighted by Gasteiger charge is 2.41. The quantitative estimate of drug-likeness (QED) is 0.845. The molecule has 1 aromatic heterocycles. The zero-order chi connectivity index (χ0) is 14.3. The SMILES string of the molecule is CC1([C@H]2CCCN(Cc3noc(C4CC4)n3)C2)OCCO1. The van der Waals surface area contributed by atoms with Crippen LogP contribution in [0.4, 0.5) is 0 Å². The van der Waals surface area contributed by atoms with E-state index in [0.29, 0.717) is 25.0 Å². The summed E-state index contributed by atoms with van der Waals surface area (Å²) < 4.78 is 17.0. The Hall–Kier alpha value is -0.980. The summed E-state index contributed by atoms with van der Waals surface area (Å²) in [4.78, 5) is 6.92. The topological polar surface area (TPSA) is 60.6 Å². The molecule has 4 rings (SSSR count). The van der Waals surface area contributed by atoms with Crippen LogP contribution in [0, 0.1) is 5.92 Å². The van der Waals surface area contributed by atoms with Crippen molar-refractivity contribution in [3.8, 4) is 0 Å². The van der Waals surface area contributed by atoms with Crippen molar-refractivity contribution in [1.29, 1.82) is 0 Å². The summed E-state index contributed by atoms with van der Waals surface area (Å²) in [5, 5.41) is 4.12. The van der Waals surface area contributed by atoms with Gasteiger partial charge >= 0.3 is 0 Å². The number of piperidine rings is 1. The van der Waals surface area contributed by atoms with Crippen molar-refractivity contribution in [2.45, 2.75) is 50.9 Å². The van der Waals surface area contributed by atoms with Crippen LogP contribution >= 0.6 is 0 Å². The van der Waals surface area contributed by atoms with E-state index in [1.807, 2.05) is 0 Å². The second-order valence-corrected chi connectivity index (χ2v) is 6.61. The molecule has 6 heteroatoms. The number of likely N-dealkylation sites (tertiary alicyclic amines) is 1. The molecule has 1 aliphatic carbocycles. The smallest absolute Gasteiger partial charge is 0.229 e. The Balaban J connectivity index is 1.38. The molecule has 1 saturated carbocycles. The van der Waals surface area contributed by atoms with Crippen LogP contribution in [0.25, 0.3) is 0 Å². The van der Waals surface area contributed by atoms with Crippen LogP contribution in [-0.2, 0) is 16.0 Å². The van der Waals surface area contributed by atoms with E-state index >= 15 is 0 Å². The maximum Gasteiger partial charge on any atom is 0.229 e. The molecule has 0 spiro atoms. The summed E-state index contributed by atoms with van der Waals surface area (Å²) in [7, 11) is 0. The number of aromatic nitrogens is 2. The lowest BCUT2D eigenvalue weighted by atomic mass is 9.90. The number of rotatable bonds is 4. The van der Waals surface area contributed by atoms with E-state index in [4.69, 9.17) is 14.0 Å². The Morgan fingerprint density at radius 1 is 1.24 bits per heavy atom. The van der Waals surface area contributed by atoms with Crippen LogP contribution in [0.3, 0.4) is 0 Å². The fraction of sp³-hybridized carbons (Fsp3) is 0.867. The first-order chi connectivity index (χ1) is 10.2. The van der Waals surface area contributed by atoms with Crippen molar-refractivity contribution in [1.82, 2.24) is 15.0 Å². The average Bonchev–Trinajstić information content (AvgIpc) is 3.08. The molecule has 1 atom stereocenters. The van der Waals surface area contributed by atoms with Gasteiger partial charge in [0.2, 0.25) is 5.89 Å². The first-order valence-corrected chi connectivity index (χ1v) is 8.06. The minimum atomic E-state index is -0.408. The van der Waals surface area contributed by atoms with E-state index in [-0.39, 0.29) is 0 Å². The molecule has 2 saturated heterocycles. The highest BCUT2D eigenvalue weighted by Crippen LogP contribution is 2.39. The summed E-state index contributed by atoms with van der Waals surface area (Å²) in [6, 6.07) is 0. The summed E-state index contributed by atoms with van der Waals surface area (Å²) in [6.07, 6.45) is 4.72. The summed E-state index contributed by atoms with van der Waals surface area (Å²) >= 11 is 0. The second-order valence-electron chi connectivity index (χ2n) is 6.61. The zero-order valence-corrected chi connectivity index (χ0v) is 12.6. The minimum absolute atomic E-state index is 0.408. The van der Waals surface area contributed by atoms with Gasteiger partial charge in [0.05, 0.1) is 19.8 Å². The number of nitrogens with zero attached hydrogens (tertiary/aromatic N) is 3. The van der Waals surface area contributed by atoms with Gasteiger partial charge < -0.3 is 14.0 Å². The summed E-state index contributed by atoms with van der Waals surface area (Å²) in [5.74, 6) is 2.18. The zero-order valence-electron chi connectivity index (χ0n) is 12.6. The molecule has 0 radical (unpaired) electrons. The minimum Gasteiger partial charge on any atom is -0.347 e. The van der Waals surface area contributed by atoms with E-state index in [0.717, 1.165) is 37.8 Å². The van der Waals surface area contributed by atoms with Gasteiger partial charge in [-0.1, -0.05) is 5.16 Å². The van der Waals surface area contributed by atoms with E-state index < -0.39 is 5.79 Å². The molecule has 1 aromatic rings. The van der Waals surface area contributed by atoms with Gasteiger partial charge in [-0.2, -0.15) is 4.98 Å². The monoisotopic (exact) mass is 293 g/mol. The maximum absolute atomic E-state index is 5.82. The first-order valence-electron chi connectivity index (χ1n) is 8.06. The fourth-order valence-electron chi connectivity index (χ4n) is 3.42. The highest BCUT2D eigenvalue weighted by atomic mass is 16.7. The third-order valence-electron chi connectivity index (χ3n) is 4.88. The standard InChI is InChI=1S/C15H23N3O3/c1-15(19-7-8-20-15)12-3-2-6-18(9-12)10-13-16-14(21-17-13)11-4-5-11/h11-12H,2-10H2,1H3/t12-/m0/s1. The Bertz CT molecular complexity index is 494. The van der Waals surface area contributed by atoms with E-state index in [1.54, 1.807) is 0 Å². The number of hydrogen-bond donors (Lipinski definition) is 0. The van der Waals surface area contributed by atoms with Gasteiger partial charge in [0.1, 0.15) is 0 Å². The third kappa shape index (κ3) is 2.84. The molecule has 21 heavy (non-hydrogen) atoms. The van der Waals surface area contributed by atoms with Crippen LogP contribution in [0.1, 0.15) is 50.2 Å². The van der Waals surface area contributed by atoms with Crippen LogP contribution < -0.4 is 0 Å². The molecule has 0 unspecified atom stereocenters. The van der Waals surface area contributed by atoms with Crippen molar-refractivity contribution in [3.63, 3.8) is 0 Å². The lowest BCUT2D eigenvalue weighted by molar-refractivity contribution is -0.192. The lowest BCUT2D eigenvalue weighted by Crippen LogP contribution is -2.46. The normalized spacial score (nSPS) is 29.9. The van der Waals surface area contributed by atoms with Gasteiger partial charge in [-0.15, -0.1) is 0 Å². The van der Waals surface area contributed by atoms with Crippen LogP contribution in [0.5, 0.6) is 0 Å². The van der Waals surface area contributed by atoms with Crippen molar-refractivity contribution in [2.75, 3.05) is 26.3 Å². The van der Waals surface area contributed by atoms with E-state index in [1.165, 1.54) is 19.3 Å². The van der Waals surface area contributed by atoms with Gasteiger partial charge in [-0.25, -0.2) is 0 Å². The Labute approximate surface area is 124 Å². The van der Waals surface area contributed by atoms with Crippen molar-refractivity contribution in [2.24, 2.45) is 5.92 Å². The maximum atomic E-state index is 5.82. The molecule has 0 N–H and O–H groups in total. The van der Waals surface area contributed by atoms with Gasteiger partial charge in [-0.05, 0) is 39.2 Å². The van der Waals surface area contributed by atoms with Crippen molar-refractivity contribution < 1.29 is 14.0 Å². The Morgan fingerprint density at radius 2 is 2.05 bits per heavy atom. The van der Waals surface area contributed by atoms with Crippen LogP contribution in [0.15, 0.2) is 4.52 Å². The molecule has 3 aliphatic rings. The second kappa shape index (κ2) is 5.34. The Morgan fingerprint density at radius 3 is 2.81 bits per heavy atom. The van der Waals surface area contributed by atoms with Gasteiger partial charge in [-0.3, -0.25) is 4.90 Å². The molecule has 116 valence electrons. The molecular weight excluding hydrogens is 270 g/mol. The summed E-state index contributed by atoms with van der Waals surface area (Å²) in [5.41, 5.74) is 0. The summed E-state index contributed by atoms with van der Waals surface area (Å²) in [6.45, 7) is 6.32. The highest BCUT2D eigenvalue weighted by molar-refractivity contribution is 5.01. The first kappa shape index (κ1) is 13.7. The fourth-order valence-corrected chi connectivity index (χ4v) is 3.42. The molecule has 3 fully saturated rings. The van der Waals surface area contributed by atoms with Crippen molar-refractivity contribution >= 4 is 0 Å². The molecular formula is C15H23N3O3. The van der Waals surface area contributed by atoms with Gasteiger partial charge in [0.15, 0.2) is 11.6 Å². The Kier molecular flexibility index (Phi) is 3.47. The van der Waals surface area contributed by atoms with Crippen LogP contribution in [0.2, 0.25) is 0 Å². The van der Waals surface area contributed by atoms with E-state index in [2.05, 4.69) is 22.0 Å². The lowest BCUT2D eigenvalue weighted by Gasteiger charge is -2.39. The largest absolute Gasteiger partial charge is 0.347 e. The molecule has 0 bridgehead atoms. The van der Waals surface area contributed by atoms with Gasteiger partial charge in [0.25, 0.3) is 0 Å². The molecule has 6 nitrogen and oxygen atoms in total. The number of hydrogen-bond acceptors (Lipinski definition) is 6. The number of ether oxygens (including phenoxy) is 2. The predicted octanol–water partition coefficient (Wildman–Crippen LogP) is 1.92. The van der Waals surface area contributed by atoms with Crippen molar-refractivity contribution in [3.05, 3.63) is 11.7 Å². The van der Waals surface area contributed by atoms with Gasteiger partial charge in [0, 0.05) is 18.4 Å². The third-order valence-corrected chi connectivity index (χ3v) is 4.88. The van der Waals surface area contributed by atoms with E-state index in [9.17, 15) is 0 Å². The molecule has 0 amide bonds. The molecule has 2 aliphatic heterocycles. The average molecular weight is 293 g/mol. The molecule has 3 heterocycles. The van der Waals surface area contributed by atoms with Crippen LogP contribution in [-0.4, -0.2) is 47.1 Å².